The highest BCUT2D eigenvalue weighted by atomic mass is 16.5. The molecule has 1 atom stereocenters. The molecule has 0 saturated carbocycles. The first-order chi connectivity index (χ1) is 10.3. The Morgan fingerprint density at radius 2 is 2.00 bits per heavy atom. The predicted molar refractivity (Wildman–Crippen MR) is 87.9 cm³/mol. The van der Waals surface area contributed by atoms with Gasteiger partial charge in [0, 0.05) is 5.56 Å². The van der Waals surface area contributed by atoms with Crippen molar-refractivity contribution in [3.8, 4) is 0 Å². The third kappa shape index (κ3) is 2.99. The zero-order valence-electron chi connectivity index (χ0n) is 14.0. The SMILES string of the molecule is CCOC(=O)C(C)C1=CCC(C)(C)c2cc(C(C)=O)ccc21. The van der Waals surface area contributed by atoms with Crippen LogP contribution in [-0.2, 0) is 14.9 Å². The summed E-state index contributed by atoms with van der Waals surface area (Å²) >= 11 is 0. The molecule has 0 saturated heterocycles. The van der Waals surface area contributed by atoms with Crippen LogP contribution in [0.4, 0.5) is 0 Å². The van der Waals surface area contributed by atoms with Gasteiger partial charge in [-0.05, 0) is 55.4 Å². The van der Waals surface area contributed by atoms with E-state index in [1.807, 2.05) is 32.0 Å². The lowest BCUT2D eigenvalue weighted by atomic mass is 9.71. The second-order valence-corrected chi connectivity index (χ2v) is 6.54. The van der Waals surface area contributed by atoms with Gasteiger partial charge in [-0.2, -0.15) is 0 Å². The summed E-state index contributed by atoms with van der Waals surface area (Å²) < 4.78 is 5.15. The maximum absolute atomic E-state index is 12.1. The molecular weight excluding hydrogens is 276 g/mol. The van der Waals surface area contributed by atoms with Crippen molar-refractivity contribution in [2.24, 2.45) is 5.92 Å². The lowest BCUT2D eigenvalue weighted by Crippen LogP contribution is -2.26. The number of carbonyl (C=O) groups excluding carboxylic acids is 2. The van der Waals surface area contributed by atoms with E-state index in [2.05, 4.69) is 19.9 Å². The Morgan fingerprint density at radius 3 is 2.59 bits per heavy atom. The molecule has 2 rings (SSSR count). The van der Waals surface area contributed by atoms with Crippen molar-refractivity contribution in [2.75, 3.05) is 6.61 Å². The van der Waals surface area contributed by atoms with Gasteiger partial charge in [-0.25, -0.2) is 0 Å². The second kappa shape index (κ2) is 6.07. The first kappa shape index (κ1) is 16.5. The highest BCUT2D eigenvalue weighted by Crippen LogP contribution is 2.42. The number of ether oxygens (including phenoxy) is 1. The van der Waals surface area contributed by atoms with Gasteiger partial charge in [0.05, 0.1) is 12.5 Å². The van der Waals surface area contributed by atoms with Gasteiger partial charge in [0.25, 0.3) is 0 Å². The molecular formula is C19H24O3. The van der Waals surface area contributed by atoms with Crippen molar-refractivity contribution in [2.45, 2.75) is 46.5 Å². The molecule has 0 amide bonds. The van der Waals surface area contributed by atoms with Crippen molar-refractivity contribution < 1.29 is 14.3 Å². The number of benzene rings is 1. The van der Waals surface area contributed by atoms with E-state index >= 15 is 0 Å². The summed E-state index contributed by atoms with van der Waals surface area (Å²) in [7, 11) is 0. The van der Waals surface area contributed by atoms with E-state index in [9.17, 15) is 9.59 Å². The summed E-state index contributed by atoms with van der Waals surface area (Å²) in [6.45, 7) is 9.99. The van der Waals surface area contributed by atoms with E-state index < -0.39 is 0 Å². The fourth-order valence-electron chi connectivity index (χ4n) is 2.96. The Bertz CT molecular complexity index is 638. The molecule has 1 aliphatic rings. The average Bonchev–Trinajstić information content (AvgIpc) is 2.46. The van der Waals surface area contributed by atoms with Crippen LogP contribution in [0.5, 0.6) is 0 Å². The molecule has 0 aliphatic heterocycles. The molecule has 1 aromatic rings. The molecule has 0 radical (unpaired) electrons. The van der Waals surface area contributed by atoms with Gasteiger partial charge in [-0.1, -0.05) is 32.1 Å². The molecule has 1 aromatic carbocycles. The Morgan fingerprint density at radius 1 is 1.32 bits per heavy atom. The molecule has 0 aromatic heterocycles. The van der Waals surface area contributed by atoms with Gasteiger partial charge in [0.1, 0.15) is 0 Å². The van der Waals surface area contributed by atoms with E-state index in [1.165, 1.54) is 0 Å². The van der Waals surface area contributed by atoms with Crippen molar-refractivity contribution in [1.82, 2.24) is 0 Å². The van der Waals surface area contributed by atoms with Gasteiger partial charge in [-0.15, -0.1) is 0 Å². The van der Waals surface area contributed by atoms with Gasteiger partial charge in [-0.3, -0.25) is 9.59 Å². The molecule has 1 unspecified atom stereocenters. The summed E-state index contributed by atoms with van der Waals surface area (Å²) in [6, 6.07) is 5.78. The van der Waals surface area contributed by atoms with Crippen LogP contribution in [0.25, 0.3) is 5.57 Å². The van der Waals surface area contributed by atoms with Crippen LogP contribution in [0.2, 0.25) is 0 Å². The lowest BCUT2D eigenvalue weighted by Gasteiger charge is -2.33. The average molecular weight is 300 g/mol. The number of allylic oxidation sites excluding steroid dienone is 1. The van der Waals surface area contributed by atoms with Crippen LogP contribution in [0.1, 0.15) is 62.5 Å². The van der Waals surface area contributed by atoms with Crippen LogP contribution >= 0.6 is 0 Å². The van der Waals surface area contributed by atoms with Crippen LogP contribution in [0.3, 0.4) is 0 Å². The third-order valence-electron chi connectivity index (χ3n) is 4.41. The van der Waals surface area contributed by atoms with Crippen LogP contribution in [0.15, 0.2) is 24.3 Å². The third-order valence-corrected chi connectivity index (χ3v) is 4.41. The number of rotatable bonds is 4. The number of ketones is 1. The number of fused-ring (bicyclic) bond motifs is 1. The fourth-order valence-corrected chi connectivity index (χ4v) is 2.96. The first-order valence-corrected chi connectivity index (χ1v) is 7.80. The topological polar surface area (TPSA) is 43.4 Å². The van der Waals surface area contributed by atoms with Crippen molar-refractivity contribution in [3.63, 3.8) is 0 Å². The Kier molecular flexibility index (Phi) is 4.55. The summed E-state index contributed by atoms with van der Waals surface area (Å²) in [5.74, 6) is -0.429. The van der Waals surface area contributed by atoms with Gasteiger partial charge in [0.15, 0.2) is 5.78 Å². The minimum Gasteiger partial charge on any atom is -0.466 e. The van der Waals surface area contributed by atoms with Gasteiger partial charge >= 0.3 is 5.97 Å². The molecule has 0 N–H and O–H groups in total. The summed E-state index contributed by atoms with van der Waals surface area (Å²) in [6.07, 6.45) is 2.98. The highest BCUT2D eigenvalue weighted by Gasteiger charge is 2.32. The largest absolute Gasteiger partial charge is 0.466 e. The number of carbonyl (C=O) groups is 2. The van der Waals surface area contributed by atoms with Crippen molar-refractivity contribution in [3.05, 3.63) is 41.0 Å². The normalized spacial score (nSPS) is 17.2. The second-order valence-electron chi connectivity index (χ2n) is 6.54. The van der Waals surface area contributed by atoms with E-state index in [0.717, 1.165) is 28.7 Å². The molecule has 0 fully saturated rings. The molecule has 22 heavy (non-hydrogen) atoms. The number of hydrogen-bond donors (Lipinski definition) is 0. The highest BCUT2D eigenvalue weighted by molar-refractivity contribution is 5.96. The number of hydrogen-bond acceptors (Lipinski definition) is 3. The summed E-state index contributed by atoms with van der Waals surface area (Å²) in [4.78, 5) is 23.7. The molecule has 1 aliphatic carbocycles. The smallest absolute Gasteiger partial charge is 0.313 e. The standard InChI is InChI=1S/C19H24O3/c1-6-22-18(21)12(2)15-9-10-19(4,5)17-11-14(13(3)20)7-8-16(15)17/h7-9,11-12H,6,10H2,1-5H3. The molecule has 3 heteroatoms. The minimum atomic E-state index is -0.294. The molecule has 0 spiro atoms. The van der Waals surface area contributed by atoms with Crippen LogP contribution < -0.4 is 0 Å². The maximum atomic E-state index is 12.1. The number of Topliss-reactive ketones (excluding diaryl/α,β-unsaturated/α-hetero) is 1. The minimum absolute atomic E-state index is 0.0430. The quantitative estimate of drug-likeness (QED) is 0.619. The summed E-state index contributed by atoms with van der Waals surface area (Å²) in [5.41, 5.74) is 3.87. The Hall–Kier alpha value is -1.90. The van der Waals surface area contributed by atoms with E-state index in [4.69, 9.17) is 4.74 Å². The van der Waals surface area contributed by atoms with E-state index in [0.29, 0.717) is 6.61 Å². The lowest BCUT2D eigenvalue weighted by molar-refractivity contribution is -0.145. The van der Waals surface area contributed by atoms with E-state index in [1.54, 1.807) is 6.92 Å². The summed E-state index contributed by atoms with van der Waals surface area (Å²) in [5, 5.41) is 0. The van der Waals surface area contributed by atoms with Gasteiger partial charge < -0.3 is 4.74 Å². The van der Waals surface area contributed by atoms with E-state index in [-0.39, 0.29) is 23.1 Å². The number of esters is 1. The monoisotopic (exact) mass is 300 g/mol. The zero-order chi connectivity index (χ0) is 16.5. The Labute approximate surface area is 132 Å². The molecule has 0 heterocycles. The van der Waals surface area contributed by atoms with Gasteiger partial charge in [0.2, 0.25) is 0 Å². The molecule has 3 nitrogen and oxygen atoms in total. The maximum Gasteiger partial charge on any atom is 0.313 e. The molecule has 0 bridgehead atoms. The zero-order valence-corrected chi connectivity index (χ0v) is 14.0. The fraction of sp³-hybridized carbons (Fsp3) is 0.474. The Balaban J connectivity index is 2.49. The predicted octanol–water partition coefficient (Wildman–Crippen LogP) is 4.15. The van der Waals surface area contributed by atoms with Crippen molar-refractivity contribution in [1.29, 1.82) is 0 Å². The molecule has 118 valence electrons. The van der Waals surface area contributed by atoms with Crippen LogP contribution in [-0.4, -0.2) is 18.4 Å². The first-order valence-electron chi connectivity index (χ1n) is 7.80. The van der Waals surface area contributed by atoms with Crippen LogP contribution in [0, 0.1) is 5.92 Å². The van der Waals surface area contributed by atoms with Crippen molar-refractivity contribution >= 4 is 17.3 Å².